The molecule has 0 unspecified atom stereocenters. The van der Waals surface area contributed by atoms with E-state index >= 15 is 0 Å². The third-order valence-corrected chi connectivity index (χ3v) is 5.84. The van der Waals surface area contributed by atoms with Crippen LogP contribution in [0.4, 0.5) is 5.69 Å². The van der Waals surface area contributed by atoms with Gasteiger partial charge in [-0.3, -0.25) is 24.4 Å². The summed E-state index contributed by atoms with van der Waals surface area (Å²) in [6, 6.07) is 13.4. The summed E-state index contributed by atoms with van der Waals surface area (Å²) in [6.45, 7) is 3.64. The van der Waals surface area contributed by atoms with Crippen molar-refractivity contribution in [1.29, 1.82) is 0 Å². The topological polar surface area (TPSA) is 130 Å². The van der Waals surface area contributed by atoms with E-state index < -0.39 is 29.3 Å². The number of ether oxygens (including phenoxy) is 1. The minimum Gasteiger partial charge on any atom is -0.462 e. The Morgan fingerprint density at radius 3 is 2.56 bits per heavy atom. The number of nitrogens with zero attached hydrogens (tertiary/aromatic N) is 3. The maximum absolute atomic E-state index is 13.3. The summed E-state index contributed by atoms with van der Waals surface area (Å²) in [5.41, 5.74) is 2.38. The summed E-state index contributed by atoms with van der Waals surface area (Å²) in [7, 11) is 0. The van der Waals surface area contributed by atoms with E-state index in [2.05, 4.69) is 15.1 Å². The monoisotopic (exact) mass is 459 g/mol. The van der Waals surface area contributed by atoms with Gasteiger partial charge in [-0.05, 0) is 50.2 Å². The van der Waals surface area contributed by atoms with Crippen molar-refractivity contribution >= 4 is 34.5 Å². The van der Waals surface area contributed by atoms with E-state index in [0.717, 1.165) is 10.4 Å². The fourth-order valence-corrected chi connectivity index (χ4v) is 4.25. The molecule has 1 saturated heterocycles. The van der Waals surface area contributed by atoms with Crippen LogP contribution in [0.5, 0.6) is 0 Å². The number of para-hydroxylation sites is 2. The summed E-state index contributed by atoms with van der Waals surface area (Å²) in [5, 5.41) is 2.97. The molecule has 2 N–H and O–H groups in total. The first kappa shape index (κ1) is 21.4. The number of H-pyrrole nitrogens is 2. The average Bonchev–Trinajstić information content (AvgIpc) is 3.47. The van der Waals surface area contributed by atoms with Crippen molar-refractivity contribution in [3.8, 4) is 5.95 Å². The zero-order chi connectivity index (χ0) is 24.0. The van der Waals surface area contributed by atoms with Gasteiger partial charge in [-0.2, -0.15) is 4.68 Å². The molecule has 2 aromatic heterocycles. The first-order valence-corrected chi connectivity index (χ1v) is 10.8. The zero-order valence-corrected chi connectivity index (χ0v) is 18.5. The van der Waals surface area contributed by atoms with Crippen LogP contribution in [0.3, 0.4) is 0 Å². The molecule has 10 heteroatoms. The van der Waals surface area contributed by atoms with E-state index in [4.69, 9.17) is 4.74 Å². The molecule has 1 aliphatic heterocycles. The maximum atomic E-state index is 13.3. The Morgan fingerprint density at radius 1 is 1.12 bits per heavy atom. The number of carbonyl (C=O) groups excluding carboxylic acids is 3. The van der Waals surface area contributed by atoms with Crippen molar-refractivity contribution in [3.63, 3.8) is 0 Å². The van der Waals surface area contributed by atoms with Crippen molar-refractivity contribution in [2.24, 2.45) is 0 Å². The molecule has 1 atom stereocenters. The summed E-state index contributed by atoms with van der Waals surface area (Å²) < 4.78 is 6.21. The number of carbonyl (C=O) groups is 3. The molecule has 0 spiro atoms. The third-order valence-electron chi connectivity index (χ3n) is 5.84. The first-order valence-electron chi connectivity index (χ1n) is 10.8. The van der Waals surface area contributed by atoms with Gasteiger partial charge in [-0.1, -0.05) is 12.1 Å². The Bertz CT molecular complexity index is 1460. The quantitative estimate of drug-likeness (QED) is 0.348. The second kappa shape index (κ2) is 8.14. The van der Waals surface area contributed by atoms with Gasteiger partial charge in [-0.25, -0.2) is 9.78 Å². The Morgan fingerprint density at radius 2 is 1.85 bits per heavy atom. The van der Waals surface area contributed by atoms with Gasteiger partial charge in [-0.15, -0.1) is 0 Å². The number of hydrogen-bond donors (Lipinski definition) is 2. The van der Waals surface area contributed by atoms with Crippen LogP contribution >= 0.6 is 0 Å². The number of fused-ring (bicyclic) bond motifs is 1. The number of hydrogen-bond acceptors (Lipinski definition) is 6. The number of aryl methyl sites for hydroxylation is 1. The maximum Gasteiger partial charge on any atom is 0.338 e. The van der Waals surface area contributed by atoms with Gasteiger partial charge < -0.3 is 9.72 Å². The van der Waals surface area contributed by atoms with Gasteiger partial charge in [0.2, 0.25) is 17.8 Å². The van der Waals surface area contributed by atoms with Crippen LogP contribution in [-0.4, -0.2) is 44.1 Å². The average molecular weight is 459 g/mol. The standard InChI is InChI=1S/C24H21N5O5/c1-3-34-23(33)14-8-10-15(11-9-14)28-19(30)12-16(21(28)31)20-13(2)27-29(22(20)32)24-25-17-6-4-5-7-18(17)26-24/h4-11,16,27H,3,12H2,1-2H3,(H,25,26)/t16-/m1/s1. The molecule has 172 valence electrons. The van der Waals surface area contributed by atoms with E-state index in [1.807, 2.05) is 24.3 Å². The molecule has 0 bridgehead atoms. The molecule has 1 aliphatic rings. The lowest BCUT2D eigenvalue weighted by Gasteiger charge is -2.15. The van der Waals surface area contributed by atoms with Gasteiger partial charge in [0, 0.05) is 12.1 Å². The smallest absolute Gasteiger partial charge is 0.338 e. The number of benzene rings is 2. The lowest BCUT2D eigenvalue weighted by Crippen LogP contribution is -2.31. The molecule has 2 amide bonds. The predicted molar refractivity (Wildman–Crippen MR) is 123 cm³/mol. The van der Waals surface area contributed by atoms with Crippen LogP contribution in [-0.2, 0) is 14.3 Å². The molecule has 0 aliphatic carbocycles. The Hall–Kier alpha value is -4.47. The van der Waals surface area contributed by atoms with E-state index in [9.17, 15) is 19.2 Å². The van der Waals surface area contributed by atoms with Crippen LogP contribution in [0.15, 0.2) is 53.3 Å². The minimum absolute atomic E-state index is 0.132. The summed E-state index contributed by atoms with van der Waals surface area (Å²) in [5.74, 6) is -2.03. The molecular weight excluding hydrogens is 438 g/mol. The molecule has 4 aromatic rings. The fraction of sp³-hybridized carbons (Fsp3) is 0.208. The summed E-state index contributed by atoms with van der Waals surface area (Å²) in [6.07, 6.45) is -0.132. The SMILES string of the molecule is CCOC(=O)c1ccc(N2C(=O)C[C@H](c3c(C)[nH]n(-c4nc5ccccc5[nH]4)c3=O)C2=O)cc1. The second-order valence-electron chi connectivity index (χ2n) is 7.96. The van der Waals surface area contributed by atoms with Crippen molar-refractivity contribution in [2.45, 2.75) is 26.2 Å². The third kappa shape index (κ3) is 3.40. The Kier molecular flexibility index (Phi) is 5.12. The van der Waals surface area contributed by atoms with Gasteiger partial charge in [0.15, 0.2) is 0 Å². The molecule has 1 fully saturated rings. The number of rotatable bonds is 5. The van der Waals surface area contributed by atoms with Crippen molar-refractivity contribution in [2.75, 3.05) is 11.5 Å². The molecule has 3 heterocycles. The molecule has 5 rings (SSSR count). The number of amides is 2. The number of esters is 1. The van der Waals surface area contributed by atoms with Crippen LogP contribution in [0.1, 0.15) is 40.9 Å². The molecule has 0 radical (unpaired) electrons. The summed E-state index contributed by atoms with van der Waals surface area (Å²) >= 11 is 0. The number of imidazole rings is 1. The minimum atomic E-state index is -0.924. The fourth-order valence-electron chi connectivity index (χ4n) is 4.25. The molecule has 0 saturated carbocycles. The van der Waals surface area contributed by atoms with Gasteiger partial charge in [0.25, 0.3) is 5.56 Å². The number of nitrogens with one attached hydrogen (secondary N) is 2. The highest BCUT2D eigenvalue weighted by atomic mass is 16.5. The predicted octanol–water partition coefficient (Wildman–Crippen LogP) is 2.57. The zero-order valence-electron chi connectivity index (χ0n) is 18.5. The van der Waals surface area contributed by atoms with Crippen LogP contribution in [0.25, 0.3) is 17.0 Å². The Labute approximate surface area is 193 Å². The van der Waals surface area contributed by atoms with E-state index in [-0.39, 0.29) is 18.6 Å². The molecule has 2 aromatic carbocycles. The van der Waals surface area contributed by atoms with E-state index in [0.29, 0.717) is 28.4 Å². The van der Waals surface area contributed by atoms with Crippen LogP contribution in [0, 0.1) is 6.92 Å². The van der Waals surface area contributed by atoms with Gasteiger partial charge in [0.05, 0.1) is 40.4 Å². The number of anilines is 1. The molecule has 10 nitrogen and oxygen atoms in total. The Balaban J connectivity index is 1.46. The van der Waals surface area contributed by atoms with Crippen LogP contribution in [0.2, 0.25) is 0 Å². The van der Waals surface area contributed by atoms with Crippen molar-refractivity contribution in [3.05, 3.63) is 75.7 Å². The molecule has 34 heavy (non-hydrogen) atoms. The second-order valence-corrected chi connectivity index (χ2v) is 7.96. The summed E-state index contributed by atoms with van der Waals surface area (Å²) in [4.78, 5) is 59.8. The number of aromatic nitrogens is 4. The van der Waals surface area contributed by atoms with E-state index in [1.165, 1.54) is 28.9 Å². The lowest BCUT2D eigenvalue weighted by molar-refractivity contribution is -0.121. The number of aromatic amines is 2. The largest absolute Gasteiger partial charge is 0.462 e. The van der Waals surface area contributed by atoms with Crippen molar-refractivity contribution < 1.29 is 19.1 Å². The van der Waals surface area contributed by atoms with Crippen LogP contribution < -0.4 is 10.5 Å². The number of imide groups is 1. The normalized spacial score (nSPS) is 15.9. The van der Waals surface area contributed by atoms with Crippen molar-refractivity contribution in [1.82, 2.24) is 19.7 Å². The first-order chi connectivity index (χ1) is 16.4. The highest BCUT2D eigenvalue weighted by molar-refractivity contribution is 6.22. The highest BCUT2D eigenvalue weighted by Crippen LogP contribution is 2.33. The lowest BCUT2D eigenvalue weighted by atomic mass is 9.98. The highest BCUT2D eigenvalue weighted by Gasteiger charge is 2.43. The molecular formula is C24H21N5O5. The van der Waals surface area contributed by atoms with Gasteiger partial charge >= 0.3 is 5.97 Å². The van der Waals surface area contributed by atoms with E-state index in [1.54, 1.807) is 13.8 Å². The van der Waals surface area contributed by atoms with Gasteiger partial charge in [0.1, 0.15) is 0 Å².